The molecule has 1 saturated heterocycles. The zero-order valence-corrected chi connectivity index (χ0v) is 9.56. The molecule has 1 fully saturated rings. The summed E-state index contributed by atoms with van der Waals surface area (Å²) < 4.78 is 2.09. The Hall–Kier alpha value is -0.870. The fourth-order valence-electron chi connectivity index (χ4n) is 2.05. The average molecular weight is 208 g/mol. The fraction of sp³-hybridized carbons (Fsp3) is 0.727. The van der Waals surface area contributed by atoms with Gasteiger partial charge in [-0.15, -0.1) is 0 Å². The van der Waals surface area contributed by atoms with Crippen LogP contribution < -0.4 is 5.73 Å². The highest BCUT2D eigenvalue weighted by Crippen LogP contribution is 2.22. The van der Waals surface area contributed by atoms with Gasteiger partial charge in [-0.05, 0) is 39.9 Å². The molecule has 0 aliphatic carbocycles. The molecule has 0 radical (unpaired) electrons. The van der Waals surface area contributed by atoms with Crippen LogP contribution in [-0.2, 0) is 0 Å². The molecule has 1 atom stereocenters. The first kappa shape index (κ1) is 10.6. The highest BCUT2D eigenvalue weighted by molar-refractivity contribution is 5.08. The van der Waals surface area contributed by atoms with Gasteiger partial charge >= 0.3 is 0 Å². The van der Waals surface area contributed by atoms with Gasteiger partial charge in [0.1, 0.15) is 0 Å². The molecule has 84 valence electrons. The Bertz CT molecular complexity index is 310. The molecule has 2 N–H and O–H groups in total. The SMILES string of the molecule is CC(N)c1cnn(C2CCN(C)CC2)c1. The van der Waals surface area contributed by atoms with Gasteiger partial charge in [0.2, 0.25) is 0 Å². The van der Waals surface area contributed by atoms with Crippen molar-refractivity contribution in [3.63, 3.8) is 0 Å². The molecule has 2 heterocycles. The molecule has 2 rings (SSSR count). The minimum Gasteiger partial charge on any atom is -0.324 e. The van der Waals surface area contributed by atoms with E-state index in [9.17, 15) is 0 Å². The van der Waals surface area contributed by atoms with Crippen LogP contribution in [0.4, 0.5) is 0 Å². The summed E-state index contributed by atoms with van der Waals surface area (Å²) in [6.45, 7) is 4.33. The van der Waals surface area contributed by atoms with Gasteiger partial charge in [-0.2, -0.15) is 5.10 Å². The first-order chi connectivity index (χ1) is 7.16. The Balaban J connectivity index is 2.03. The third kappa shape index (κ3) is 2.38. The lowest BCUT2D eigenvalue weighted by atomic mass is 10.1. The monoisotopic (exact) mass is 208 g/mol. The summed E-state index contributed by atoms with van der Waals surface area (Å²) in [6.07, 6.45) is 6.37. The van der Waals surface area contributed by atoms with Crippen LogP contribution in [0.2, 0.25) is 0 Å². The molecule has 4 heteroatoms. The Kier molecular flexibility index (Phi) is 3.07. The number of nitrogens with zero attached hydrogens (tertiary/aromatic N) is 3. The minimum atomic E-state index is 0.0880. The summed E-state index contributed by atoms with van der Waals surface area (Å²) in [4.78, 5) is 2.37. The lowest BCUT2D eigenvalue weighted by Gasteiger charge is -2.29. The number of hydrogen-bond acceptors (Lipinski definition) is 3. The molecule has 1 aromatic heterocycles. The third-order valence-corrected chi connectivity index (χ3v) is 3.21. The van der Waals surface area contributed by atoms with E-state index in [1.54, 1.807) is 0 Å². The first-order valence-corrected chi connectivity index (χ1v) is 5.65. The van der Waals surface area contributed by atoms with Gasteiger partial charge in [-0.1, -0.05) is 0 Å². The Morgan fingerprint density at radius 3 is 2.67 bits per heavy atom. The number of aromatic nitrogens is 2. The molecule has 0 saturated carbocycles. The van der Waals surface area contributed by atoms with Crippen molar-refractivity contribution < 1.29 is 0 Å². The van der Waals surface area contributed by atoms with E-state index in [4.69, 9.17) is 5.73 Å². The highest BCUT2D eigenvalue weighted by atomic mass is 15.3. The van der Waals surface area contributed by atoms with Gasteiger partial charge in [0.25, 0.3) is 0 Å². The molecule has 1 aliphatic rings. The van der Waals surface area contributed by atoms with Gasteiger partial charge < -0.3 is 10.6 Å². The smallest absolute Gasteiger partial charge is 0.0543 e. The van der Waals surface area contributed by atoms with Crippen LogP contribution in [-0.4, -0.2) is 34.8 Å². The summed E-state index contributed by atoms with van der Waals surface area (Å²) >= 11 is 0. The lowest BCUT2D eigenvalue weighted by molar-refractivity contribution is 0.212. The van der Waals surface area contributed by atoms with Crippen LogP contribution in [0.3, 0.4) is 0 Å². The van der Waals surface area contributed by atoms with Crippen LogP contribution in [0.15, 0.2) is 12.4 Å². The van der Waals surface area contributed by atoms with Crippen LogP contribution in [0.1, 0.15) is 37.4 Å². The van der Waals surface area contributed by atoms with Gasteiger partial charge in [-0.25, -0.2) is 0 Å². The van der Waals surface area contributed by atoms with E-state index in [2.05, 4.69) is 27.9 Å². The summed E-state index contributed by atoms with van der Waals surface area (Å²) in [5.74, 6) is 0. The second-order valence-electron chi connectivity index (χ2n) is 4.58. The summed E-state index contributed by atoms with van der Waals surface area (Å²) in [5, 5.41) is 4.40. The summed E-state index contributed by atoms with van der Waals surface area (Å²) in [5.41, 5.74) is 6.95. The largest absolute Gasteiger partial charge is 0.324 e. The third-order valence-electron chi connectivity index (χ3n) is 3.21. The lowest BCUT2D eigenvalue weighted by Crippen LogP contribution is -2.31. The average Bonchev–Trinajstić information content (AvgIpc) is 2.68. The van der Waals surface area contributed by atoms with Gasteiger partial charge in [0.05, 0.1) is 12.2 Å². The standard InChI is InChI=1S/C11H20N4/c1-9(12)10-7-13-15(8-10)11-3-5-14(2)6-4-11/h7-9,11H,3-6,12H2,1-2H3. The Morgan fingerprint density at radius 2 is 2.13 bits per heavy atom. The van der Waals surface area contributed by atoms with Crippen LogP contribution in [0, 0.1) is 0 Å². The van der Waals surface area contributed by atoms with E-state index in [0.29, 0.717) is 6.04 Å². The maximum Gasteiger partial charge on any atom is 0.0543 e. The maximum atomic E-state index is 5.82. The van der Waals surface area contributed by atoms with Crippen molar-refractivity contribution in [2.24, 2.45) is 5.73 Å². The molecule has 0 bridgehead atoms. The van der Waals surface area contributed by atoms with E-state index in [0.717, 1.165) is 18.7 Å². The zero-order chi connectivity index (χ0) is 10.8. The highest BCUT2D eigenvalue weighted by Gasteiger charge is 2.19. The predicted molar refractivity (Wildman–Crippen MR) is 60.6 cm³/mol. The molecule has 0 spiro atoms. The van der Waals surface area contributed by atoms with Crippen molar-refractivity contribution in [1.29, 1.82) is 0 Å². The van der Waals surface area contributed by atoms with Crippen molar-refractivity contribution in [2.45, 2.75) is 31.8 Å². The Morgan fingerprint density at radius 1 is 1.47 bits per heavy atom. The topological polar surface area (TPSA) is 47.1 Å². The van der Waals surface area contributed by atoms with E-state index >= 15 is 0 Å². The number of hydrogen-bond donors (Lipinski definition) is 1. The molecular formula is C11H20N4. The van der Waals surface area contributed by atoms with Crippen molar-refractivity contribution in [3.8, 4) is 0 Å². The molecule has 4 nitrogen and oxygen atoms in total. The molecular weight excluding hydrogens is 188 g/mol. The number of piperidine rings is 1. The van der Waals surface area contributed by atoms with Gasteiger partial charge in [-0.3, -0.25) is 4.68 Å². The maximum absolute atomic E-state index is 5.82. The van der Waals surface area contributed by atoms with Gasteiger partial charge in [0, 0.05) is 17.8 Å². The van der Waals surface area contributed by atoms with Crippen LogP contribution in [0.5, 0.6) is 0 Å². The minimum absolute atomic E-state index is 0.0880. The van der Waals surface area contributed by atoms with Crippen molar-refractivity contribution in [1.82, 2.24) is 14.7 Å². The number of nitrogens with two attached hydrogens (primary N) is 1. The second-order valence-corrected chi connectivity index (χ2v) is 4.58. The molecule has 15 heavy (non-hydrogen) atoms. The Labute approximate surface area is 91.1 Å². The van der Waals surface area contributed by atoms with E-state index < -0.39 is 0 Å². The molecule has 1 aliphatic heterocycles. The quantitative estimate of drug-likeness (QED) is 0.793. The summed E-state index contributed by atoms with van der Waals surface area (Å²) in [6, 6.07) is 0.652. The molecule has 1 aromatic rings. The van der Waals surface area contributed by atoms with E-state index in [-0.39, 0.29) is 6.04 Å². The first-order valence-electron chi connectivity index (χ1n) is 5.65. The predicted octanol–water partition coefficient (Wildman–Crippen LogP) is 1.17. The molecule has 0 aromatic carbocycles. The molecule has 1 unspecified atom stereocenters. The summed E-state index contributed by atoms with van der Waals surface area (Å²) in [7, 11) is 2.17. The number of rotatable bonds is 2. The second kappa shape index (κ2) is 4.33. The van der Waals surface area contributed by atoms with E-state index in [1.807, 2.05) is 13.1 Å². The van der Waals surface area contributed by atoms with Crippen LogP contribution >= 0.6 is 0 Å². The fourth-order valence-corrected chi connectivity index (χ4v) is 2.05. The van der Waals surface area contributed by atoms with Crippen molar-refractivity contribution in [2.75, 3.05) is 20.1 Å². The normalized spacial score (nSPS) is 21.8. The van der Waals surface area contributed by atoms with Crippen molar-refractivity contribution in [3.05, 3.63) is 18.0 Å². The zero-order valence-electron chi connectivity index (χ0n) is 9.56. The van der Waals surface area contributed by atoms with Gasteiger partial charge in [0.15, 0.2) is 0 Å². The van der Waals surface area contributed by atoms with Crippen LogP contribution in [0.25, 0.3) is 0 Å². The van der Waals surface area contributed by atoms with Crippen molar-refractivity contribution >= 4 is 0 Å². The van der Waals surface area contributed by atoms with E-state index in [1.165, 1.54) is 12.8 Å². The molecule has 0 amide bonds. The number of likely N-dealkylation sites (tertiary alicyclic amines) is 1.